The summed E-state index contributed by atoms with van der Waals surface area (Å²) in [5, 5.41) is 3.29. The second-order valence-electron chi connectivity index (χ2n) is 3.57. The molecule has 1 rings (SSSR count). The van der Waals surface area contributed by atoms with Gasteiger partial charge in [0.2, 0.25) is 5.91 Å². The van der Waals surface area contributed by atoms with Gasteiger partial charge >= 0.3 is 0 Å². The van der Waals surface area contributed by atoms with E-state index in [9.17, 15) is 9.59 Å². The second-order valence-corrected chi connectivity index (χ2v) is 3.98. The number of carbonyl (C=O) groups excluding carboxylic acids is 2. The van der Waals surface area contributed by atoms with Crippen molar-refractivity contribution in [2.45, 2.75) is 13.3 Å². The third-order valence-corrected chi connectivity index (χ3v) is 2.48. The number of aldehydes is 1. The summed E-state index contributed by atoms with van der Waals surface area (Å²) < 4.78 is 0. The summed E-state index contributed by atoms with van der Waals surface area (Å²) >= 11 is 5.98. The molecule has 0 aliphatic carbocycles. The molecular weight excluding hydrogens is 238 g/mol. The van der Waals surface area contributed by atoms with E-state index in [0.717, 1.165) is 18.3 Å². The first-order valence-corrected chi connectivity index (χ1v) is 5.67. The van der Waals surface area contributed by atoms with E-state index in [0.29, 0.717) is 17.1 Å². The molecule has 0 heterocycles. The molecular formula is C13H14ClNO2. The van der Waals surface area contributed by atoms with Gasteiger partial charge in [0, 0.05) is 24.1 Å². The summed E-state index contributed by atoms with van der Waals surface area (Å²) in [5.41, 5.74) is 1.40. The first-order valence-electron chi connectivity index (χ1n) is 5.29. The molecule has 0 bridgehead atoms. The molecule has 0 fully saturated rings. The number of halogens is 1. The normalized spacial score (nSPS) is 10.5. The molecule has 1 aromatic rings. The van der Waals surface area contributed by atoms with Crippen LogP contribution in [-0.2, 0) is 4.79 Å². The minimum atomic E-state index is -0.0422. The fourth-order valence-corrected chi connectivity index (χ4v) is 1.49. The highest BCUT2D eigenvalue weighted by atomic mass is 35.5. The number of benzene rings is 1. The summed E-state index contributed by atoms with van der Waals surface area (Å²) in [6, 6.07) is 5.09. The first-order chi connectivity index (χ1) is 8.13. The lowest BCUT2D eigenvalue weighted by Gasteiger charge is -2.00. The lowest BCUT2D eigenvalue weighted by molar-refractivity contribution is -0.118. The molecule has 0 saturated carbocycles. The SMILES string of the molecule is CC(=O)NCCC=Cc1cc(C=O)ccc1Cl. The summed E-state index contributed by atoms with van der Waals surface area (Å²) in [7, 11) is 0. The molecule has 1 aromatic carbocycles. The van der Waals surface area contributed by atoms with Gasteiger partial charge in [-0.25, -0.2) is 0 Å². The zero-order chi connectivity index (χ0) is 12.7. The predicted molar refractivity (Wildman–Crippen MR) is 69.2 cm³/mol. The van der Waals surface area contributed by atoms with Crippen molar-refractivity contribution in [3.8, 4) is 0 Å². The maximum atomic E-state index is 10.6. The highest BCUT2D eigenvalue weighted by Gasteiger charge is 1.98. The highest BCUT2D eigenvalue weighted by molar-refractivity contribution is 6.32. The number of amides is 1. The van der Waals surface area contributed by atoms with Crippen LogP contribution in [0.2, 0.25) is 5.02 Å². The fraction of sp³-hybridized carbons (Fsp3) is 0.231. The van der Waals surface area contributed by atoms with Crippen LogP contribution in [0, 0.1) is 0 Å². The van der Waals surface area contributed by atoms with Gasteiger partial charge in [-0.05, 0) is 24.1 Å². The third kappa shape index (κ3) is 4.83. The predicted octanol–water partition coefficient (Wildman–Crippen LogP) is 2.69. The lowest BCUT2D eigenvalue weighted by Crippen LogP contribution is -2.20. The molecule has 1 N–H and O–H groups in total. The number of hydrogen-bond donors (Lipinski definition) is 1. The van der Waals surface area contributed by atoms with Crippen molar-refractivity contribution in [3.63, 3.8) is 0 Å². The monoisotopic (exact) mass is 251 g/mol. The van der Waals surface area contributed by atoms with Gasteiger partial charge in [-0.2, -0.15) is 0 Å². The molecule has 1 amide bonds. The van der Waals surface area contributed by atoms with Crippen molar-refractivity contribution in [1.29, 1.82) is 0 Å². The van der Waals surface area contributed by atoms with E-state index in [1.54, 1.807) is 18.2 Å². The summed E-state index contributed by atoms with van der Waals surface area (Å²) in [6.45, 7) is 2.07. The Labute approximate surface area is 105 Å². The smallest absolute Gasteiger partial charge is 0.216 e. The molecule has 3 nitrogen and oxygen atoms in total. The van der Waals surface area contributed by atoms with Crippen LogP contribution in [-0.4, -0.2) is 18.7 Å². The van der Waals surface area contributed by atoms with Crippen LogP contribution in [0.3, 0.4) is 0 Å². The maximum Gasteiger partial charge on any atom is 0.216 e. The second kappa shape index (κ2) is 6.86. The first kappa shape index (κ1) is 13.5. The molecule has 0 radical (unpaired) electrons. The van der Waals surface area contributed by atoms with Gasteiger partial charge in [0.15, 0.2) is 0 Å². The summed E-state index contributed by atoms with van der Waals surface area (Å²) in [5.74, 6) is -0.0422. The van der Waals surface area contributed by atoms with Crippen molar-refractivity contribution < 1.29 is 9.59 Å². The minimum Gasteiger partial charge on any atom is -0.356 e. The van der Waals surface area contributed by atoms with Gasteiger partial charge in [0.05, 0.1) is 0 Å². The Morgan fingerprint density at radius 3 is 2.88 bits per heavy atom. The molecule has 0 saturated heterocycles. The molecule has 0 aliphatic heterocycles. The molecule has 17 heavy (non-hydrogen) atoms. The van der Waals surface area contributed by atoms with E-state index in [-0.39, 0.29) is 5.91 Å². The molecule has 0 atom stereocenters. The third-order valence-electron chi connectivity index (χ3n) is 2.14. The van der Waals surface area contributed by atoms with Crippen LogP contribution >= 0.6 is 11.6 Å². The number of rotatable bonds is 5. The van der Waals surface area contributed by atoms with Crippen LogP contribution in [0.5, 0.6) is 0 Å². The minimum absolute atomic E-state index is 0.0422. The van der Waals surface area contributed by atoms with E-state index in [1.807, 2.05) is 12.2 Å². The summed E-state index contributed by atoms with van der Waals surface area (Å²) in [4.78, 5) is 21.2. The van der Waals surface area contributed by atoms with Crippen LogP contribution in [0.25, 0.3) is 6.08 Å². The van der Waals surface area contributed by atoms with Gasteiger partial charge in [-0.3, -0.25) is 9.59 Å². The van der Waals surface area contributed by atoms with Crippen molar-refractivity contribution in [2.75, 3.05) is 6.54 Å². The fourth-order valence-electron chi connectivity index (χ4n) is 1.31. The van der Waals surface area contributed by atoms with Crippen LogP contribution in [0.4, 0.5) is 0 Å². The Morgan fingerprint density at radius 2 is 2.24 bits per heavy atom. The van der Waals surface area contributed by atoms with Gasteiger partial charge in [0.25, 0.3) is 0 Å². The van der Waals surface area contributed by atoms with E-state index in [1.165, 1.54) is 6.92 Å². The topological polar surface area (TPSA) is 46.2 Å². The van der Waals surface area contributed by atoms with Crippen LogP contribution < -0.4 is 5.32 Å². The maximum absolute atomic E-state index is 10.6. The molecule has 4 heteroatoms. The standard InChI is InChI=1S/C13H14ClNO2/c1-10(17)15-7-3-2-4-12-8-11(9-16)5-6-13(12)14/h2,4-6,8-9H,3,7H2,1H3,(H,15,17). The van der Waals surface area contributed by atoms with Crippen molar-refractivity contribution in [2.24, 2.45) is 0 Å². The Bertz CT molecular complexity index is 441. The largest absolute Gasteiger partial charge is 0.356 e. The van der Waals surface area contributed by atoms with Crippen molar-refractivity contribution >= 4 is 29.9 Å². The molecule has 0 unspecified atom stereocenters. The number of carbonyl (C=O) groups is 2. The van der Waals surface area contributed by atoms with Gasteiger partial charge in [0.1, 0.15) is 6.29 Å². The van der Waals surface area contributed by atoms with Crippen LogP contribution in [0.15, 0.2) is 24.3 Å². The zero-order valence-electron chi connectivity index (χ0n) is 9.57. The van der Waals surface area contributed by atoms with Gasteiger partial charge in [-0.1, -0.05) is 29.8 Å². The van der Waals surface area contributed by atoms with Crippen molar-refractivity contribution in [3.05, 3.63) is 40.4 Å². The molecule has 0 spiro atoms. The Balaban J connectivity index is 2.58. The van der Waals surface area contributed by atoms with Gasteiger partial charge < -0.3 is 5.32 Å². The molecule has 0 aromatic heterocycles. The Kier molecular flexibility index (Phi) is 5.43. The van der Waals surface area contributed by atoms with Gasteiger partial charge in [-0.15, -0.1) is 0 Å². The van der Waals surface area contributed by atoms with E-state index < -0.39 is 0 Å². The van der Waals surface area contributed by atoms with E-state index in [4.69, 9.17) is 11.6 Å². The number of hydrogen-bond acceptors (Lipinski definition) is 2. The van der Waals surface area contributed by atoms with Crippen LogP contribution in [0.1, 0.15) is 29.3 Å². The quantitative estimate of drug-likeness (QED) is 0.646. The number of nitrogens with one attached hydrogen (secondary N) is 1. The average molecular weight is 252 g/mol. The molecule has 90 valence electrons. The van der Waals surface area contributed by atoms with E-state index >= 15 is 0 Å². The zero-order valence-corrected chi connectivity index (χ0v) is 10.3. The summed E-state index contributed by atoms with van der Waals surface area (Å²) in [6.07, 6.45) is 5.26. The Morgan fingerprint density at radius 1 is 1.47 bits per heavy atom. The van der Waals surface area contributed by atoms with Crippen molar-refractivity contribution in [1.82, 2.24) is 5.32 Å². The molecule has 0 aliphatic rings. The lowest BCUT2D eigenvalue weighted by atomic mass is 10.1. The average Bonchev–Trinajstić information content (AvgIpc) is 2.30. The Hall–Kier alpha value is -1.61. The van der Waals surface area contributed by atoms with E-state index in [2.05, 4.69) is 5.32 Å². The highest BCUT2D eigenvalue weighted by Crippen LogP contribution is 2.18.